The number of para-hydroxylation sites is 1. The van der Waals surface area contributed by atoms with E-state index >= 15 is 0 Å². The third-order valence-electron chi connectivity index (χ3n) is 6.29. The molecule has 39 heavy (non-hydrogen) atoms. The Morgan fingerprint density at radius 3 is 2.08 bits per heavy atom. The predicted molar refractivity (Wildman–Crippen MR) is 147 cm³/mol. The van der Waals surface area contributed by atoms with Crippen LogP contribution in [0, 0.1) is 45.0 Å². The number of hydrogen-bond acceptors (Lipinski definition) is 6. The van der Waals surface area contributed by atoms with Crippen molar-refractivity contribution in [2.45, 2.75) is 36.8 Å². The Hall–Kier alpha value is -2.48. The minimum absolute atomic E-state index is 0. The molecule has 1 atom stereocenters. The van der Waals surface area contributed by atoms with Crippen molar-refractivity contribution in [1.29, 1.82) is 0 Å². The molecule has 2 amide bonds. The SMILES string of the molecule is [CH2-]CN(C[CH2-])c1ccc(C(=O)N2C(=O)C(O)(c3ccc(S(=O)(=O)NC(C)(C)C)cc3)c3ccccc32)cc1.[U+2]. The number of rotatable bonds is 7. The summed E-state index contributed by atoms with van der Waals surface area (Å²) in [6.45, 7) is 13.9. The first-order valence-electron chi connectivity index (χ1n) is 12.1. The molecule has 0 radical (unpaired) electrons. The zero-order chi connectivity index (χ0) is 27.9. The summed E-state index contributed by atoms with van der Waals surface area (Å²) < 4.78 is 28.0. The van der Waals surface area contributed by atoms with E-state index in [4.69, 9.17) is 0 Å². The fourth-order valence-corrected chi connectivity index (χ4v) is 5.91. The van der Waals surface area contributed by atoms with Gasteiger partial charge in [0.2, 0.25) is 10.0 Å². The van der Waals surface area contributed by atoms with Gasteiger partial charge in [0.15, 0.2) is 5.60 Å². The molecule has 0 saturated heterocycles. The largest absolute Gasteiger partial charge is 2.00 e. The van der Waals surface area contributed by atoms with Crippen molar-refractivity contribution in [3.05, 3.63) is 103 Å². The van der Waals surface area contributed by atoms with Gasteiger partial charge in [-0.25, -0.2) is 18.0 Å². The minimum Gasteiger partial charge on any atom is -0.432 e. The summed E-state index contributed by atoms with van der Waals surface area (Å²) in [5.41, 5.74) is -1.11. The maximum Gasteiger partial charge on any atom is 2.00 e. The molecular formula is C29H31N3O5SU. The third-order valence-corrected chi connectivity index (χ3v) is 8.07. The summed E-state index contributed by atoms with van der Waals surface area (Å²) >= 11 is 0. The first kappa shape index (κ1) is 31.1. The second-order valence-electron chi connectivity index (χ2n) is 10.1. The molecule has 1 aliphatic rings. The van der Waals surface area contributed by atoms with Crippen molar-refractivity contribution >= 4 is 33.2 Å². The average molecular weight is 772 g/mol. The first-order valence-corrected chi connectivity index (χ1v) is 13.6. The number of imide groups is 1. The number of sulfonamides is 1. The molecule has 1 aliphatic heterocycles. The fourth-order valence-electron chi connectivity index (χ4n) is 4.49. The van der Waals surface area contributed by atoms with E-state index in [0.717, 1.165) is 10.6 Å². The number of aliphatic hydroxyl groups is 1. The van der Waals surface area contributed by atoms with Crippen molar-refractivity contribution in [3.63, 3.8) is 0 Å². The molecule has 0 saturated carbocycles. The Morgan fingerprint density at radius 1 is 0.974 bits per heavy atom. The van der Waals surface area contributed by atoms with Crippen LogP contribution in [-0.4, -0.2) is 44.0 Å². The third kappa shape index (κ3) is 5.86. The zero-order valence-electron chi connectivity index (χ0n) is 22.1. The van der Waals surface area contributed by atoms with Crippen molar-refractivity contribution in [3.8, 4) is 0 Å². The van der Waals surface area contributed by atoms with Gasteiger partial charge in [0.25, 0.3) is 11.8 Å². The summed E-state index contributed by atoms with van der Waals surface area (Å²) in [7, 11) is -3.82. The molecule has 1 unspecified atom stereocenters. The number of carbonyl (C=O) groups is 2. The molecule has 3 aromatic rings. The Bertz CT molecular complexity index is 1460. The number of anilines is 2. The second kappa shape index (κ2) is 11.6. The molecule has 10 heteroatoms. The predicted octanol–water partition coefficient (Wildman–Crippen LogP) is 3.66. The zero-order valence-corrected chi connectivity index (χ0v) is 27.1. The topological polar surface area (TPSA) is 107 Å². The van der Waals surface area contributed by atoms with E-state index < -0.39 is 33.0 Å². The Labute approximate surface area is 253 Å². The summed E-state index contributed by atoms with van der Waals surface area (Å²) in [5.74, 6) is -1.43. The average Bonchev–Trinajstić information content (AvgIpc) is 3.11. The number of hydrogen-bond donors (Lipinski definition) is 2. The van der Waals surface area contributed by atoms with Crippen LogP contribution >= 0.6 is 0 Å². The molecule has 0 spiro atoms. The van der Waals surface area contributed by atoms with E-state index in [2.05, 4.69) is 18.6 Å². The monoisotopic (exact) mass is 771 g/mol. The summed E-state index contributed by atoms with van der Waals surface area (Å²) in [4.78, 5) is 30.2. The maximum absolute atomic E-state index is 13.7. The van der Waals surface area contributed by atoms with E-state index in [-0.39, 0.29) is 58.4 Å². The van der Waals surface area contributed by atoms with Gasteiger partial charge in [0.1, 0.15) is 0 Å². The van der Waals surface area contributed by atoms with Crippen molar-refractivity contribution in [1.82, 2.24) is 4.72 Å². The molecule has 0 aliphatic carbocycles. The van der Waals surface area contributed by atoms with Crippen LogP contribution in [0.2, 0.25) is 0 Å². The smallest absolute Gasteiger partial charge is 0.432 e. The van der Waals surface area contributed by atoms with E-state index in [1.807, 2.05) is 4.90 Å². The van der Waals surface area contributed by atoms with Crippen molar-refractivity contribution in [2.75, 3.05) is 22.9 Å². The van der Waals surface area contributed by atoms with Crippen molar-refractivity contribution in [2.24, 2.45) is 0 Å². The van der Waals surface area contributed by atoms with Crippen LogP contribution < -0.4 is 14.5 Å². The molecule has 4 rings (SSSR count). The van der Waals surface area contributed by atoms with E-state index in [1.54, 1.807) is 69.3 Å². The fraction of sp³-hybridized carbons (Fsp3) is 0.241. The molecule has 202 valence electrons. The Balaban J connectivity index is 0.00000420. The standard InChI is InChI=1S/C29H31N3O5S.U/c1-6-31(7-2)22-16-12-20(13-17-22)26(33)32-25-11-9-8-10-24(25)29(35,27(32)34)21-14-18-23(19-15-21)38(36,37)30-28(3,4)5;/h8-19,30,35H,1-2,6-7H2,3-5H3;/q-2;+2. The number of amides is 2. The number of benzene rings is 3. The van der Waals surface area contributed by atoms with Gasteiger partial charge >= 0.3 is 31.1 Å². The van der Waals surface area contributed by atoms with Crippen LogP contribution in [0.1, 0.15) is 42.3 Å². The number of nitrogens with zero attached hydrogens (tertiary/aromatic N) is 2. The van der Waals surface area contributed by atoms with Gasteiger partial charge in [0.05, 0.1) is 10.6 Å². The van der Waals surface area contributed by atoms with E-state index in [9.17, 15) is 23.1 Å². The Kier molecular flexibility index (Phi) is 9.20. The van der Waals surface area contributed by atoms with Gasteiger partial charge in [0, 0.05) is 22.4 Å². The van der Waals surface area contributed by atoms with Crippen LogP contribution in [0.4, 0.5) is 11.4 Å². The van der Waals surface area contributed by atoms with Crippen molar-refractivity contribution < 1.29 is 54.2 Å². The van der Waals surface area contributed by atoms with E-state index in [0.29, 0.717) is 13.1 Å². The maximum atomic E-state index is 13.7. The van der Waals surface area contributed by atoms with Gasteiger partial charge in [-0.1, -0.05) is 30.3 Å². The van der Waals surface area contributed by atoms with Crippen LogP contribution in [0.3, 0.4) is 0 Å². The van der Waals surface area contributed by atoms with Gasteiger partial charge in [-0.2, -0.15) is 0 Å². The van der Waals surface area contributed by atoms with Crippen LogP contribution in [0.5, 0.6) is 0 Å². The minimum atomic E-state index is -3.82. The quantitative estimate of drug-likeness (QED) is 0.281. The molecule has 0 bridgehead atoms. The normalized spacial score (nSPS) is 17.0. The number of carbonyl (C=O) groups excluding carboxylic acids is 2. The number of nitrogens with one attached hydrogen (secondary N) is 1. The van der Waals surface area contributed by atoms with E-state index in [1.165, 1.54) is 24.3 Å². The number of fused-ring (bicyclic) bond motifs is 1. The van der Waals surface area contributed by atoms with Gasteiger partial charge in [-0.15, -0.1) is 13.1 Å². The van der Waals surface area contributed by atoms with Crippen LogP contribution in [0.25, 0.3) is 0 Å². The molecular weight excluding hydrogens is 740 g/mol. The molecule has 8 nitrogen and oxygen atoms in total. The molecule has 3 aromatic carbocycles. The molecule has 0 fully saturated rings. The van der Waals surface area contributed by atoms with Gasteiger partial charge < -0.3 is 23.9 Å². The second-order valence-corrected chi connectivity index (χ2v) is 11.8. The van der Waals surface area contributed by atoms with Crippen LogP contribution in [0.15, 0.2) is 77.7 Å². The van der Waals surface area contributed by atoms with Gasteiger partial charge in [-0.05, 0) is 68.8 Å². The van der Waals surface area contributed by atoms with Gasteiger partial charge in [-0.3, -0.25) is 9.59 Å². The molecule has 1 heterocycles. The molecule has 0 aromatic heterocycles. The summed E-state index contributed by atoms with van der Waals surface area (Å²) in [6.07, 6.45) is 0. The summed E-state index contributed by atoms with van der Waals surface area (Å²) in [5, 5.41) is 11.8. The van der Waals surface area contributed by atoms with Crippen LogP contribution in [-0.2, 0) is 20.4 Å². The summed E-state index contributed by atoms with van der Waals surface area (Å²) in [6, 6.07) is 18.7. The Morgan fingerprint density at radius 2 is 1.54 bits per heavy atom. The first-order chi connectivity index (χ1) is 17.8. The molecule has 2 N–H and O–H groups in total.